The van der Waals surface area contributed by atoms with E-state index in [1.807, 2.05) is 48.5 Å². The van der Waals surface area contributed by atoms with Crippen LogP contribution in [-0.2, 0) is 16.1 Å². The first-order chi connectivity index (χ1) is 14.6. The Hall–Kier alpha value is -3.71. The zero-order valence-electron chi connectivity index (χ0n) is 16.0. The quantitative estimate of drug-likeness (QED) is 0.255. The molecule has 0 atom stereocenters. The average molecular weight is 418 g/mol. The van der Waals surface area contributed by atoms with Crippen LogP contribution in [0.1, 0.15) is 11.3 Å². The average Bonchev–Trinajstić information content (AvgIpc) is 3.14. The van der Waals surface area contributed by atoms with Gasteiger partial charge in [-0.05, 0) is 35.9 Å². The molecule has 0 spiro atoms. The molecule has 0 unspecified atom stereocenters. The van der Waals surface area contributed by atoms with E-state index < -0.39 is 5.97 Å². The number of ether oxygens (including phenoxy) is 2. The Labute approximate surface area is 176 Å². The molecular weight excluding hydrogens is 400 g/mol. The van der Waals surface area contributed by atoms with Crippen LogP contribution in [0.2, 0.25) is 0 Å². The molecule has 7 heteroatoms. The van der Waals surface area contributed by atoms with Crippen molar-refractivity contribution in [2.24, 2.45) is 0 Å². The first-order valence-corrected chi connectivity index (χ1v) is 10.0. The number of hydrogen-bond donors (Lipinski definition) is 0. The van der Waals surface area contributed by atoms with E-state index in [0.717, 1.165) is 21.5 Å². The molecule has 0 N–H and O–H groups in total. The minimum atomic E-state index is -0.514. The zero-order chi connectivity index (χ0) is 20.9. The van der Waals surface area contributed by atoms with Gasteiger partial charge in [-0.3, -0.25) is 9.20 Å². The summed E-state index contributed by atoms with van der Waals surface area (Å²) < 4.78 is 13.2. The predicted molar refractivity (Wildman–Crippen MR) is 118 cm³/mol. The number of rotatable bonds is 7. The third-order valence-corrected chi connectivity index (χ3v) is 5.29. The van der Waals surface area contributed by atoms with Crippen molar-refractivity contribution in [2.45, 2.75) is 6.61 Å². The molecule has 0 saturated carbocycles. The number of benzene rings is 2. The van der Waals surface area contributed by atoms with E-state index in [9.17, 15) is 9.59 Å². The highest BCUT2D eigenvalue weighted by atomic mass is 32.1. The van der Waals surface area contributed by atoms with E-state index in [1.54, 1.807) is 16.6 Å². The van der Waals surface area contributed by atoms with Gasteiger partial charge in [0.1, 0.15) is 19.0 Å². The van der Waals surface area contributed by atoms with Gasteiger partial charge in [-0.15, -0.1) is 0 Å². The lowest BCUT2D eigenvalue weighted by Crippen LogP contribution is -2.14. The molecule has 4 aromatic rings. The van der Waals surface area contributed by atoms with Crippen LogP contribution in [0.15, 0.2) is 78.1 Å². The summed E-state index contributed by atoms with van der Waals surface area (Å²) in [7, 11) is 0. The van der Waals surface area contributed by atoms with Gasteiger partial charge in [0.25, 0.3) is 5.56 Å². The summed E-state index contributed by atoms with van der Waals surface area (Å²) in [5, 5.41) is 0. The summed E-state index contributed by atoms with van der Waals surface area (Å²) in [6.45, 7) is 3.97. The number of hydrogen-bond acceptors (Lipinski definition) is 6. The molecule has 0 aliphatic rings. The van der Waals surface area contributed by atoms with Crippen molar-refractivity contribution in [3.8, 4) is 5.75 Å². The third-order valence-electron chi connectivity index (χ3n) is 4.27. The highest BCUT2D eigenvalue weighted by Gasteiger charge is 2.10. The van der Waals surface area contributed by atoms with Gasteiger partial charge >= 0.3 is 5.97 Å². The molecule has 0 aliphatic carbocycles. The minimum Gasteiger partial charge on any atom is -0.490 e. The molecule has 0 amide bonds. The summed E-state index contributed by atoms with van der Waals surface area (Å²) in [4.78, 5) is 29.5. The third kappa shape index (κ3) is 4.31. The zero-order valence-corrected chi connectivity index (χ0v) is 16.8. The Morgan fingerprint density at radius 1 is 1.17 bits per heavy atom. The summed E-state index contributed by atoms with van der Waals surface area (Å²) >= 11 is 1.42. The smallest absolute Gasteiger partial charge is 0.331 e. The molecule has 0 bridgehead atoms. The van der Waals surface area contributed by atoms with Gasteiger partial charge in [0, 0.05) is 12.1 Å². The first kappa shape index (κ1) is 19.6. The number of carbonyl (C=O) groups excluding carboxylic acids is 1. The van der Waals surface area contributed by atoms with Crippen LogP contribution in [0.4, 0.5) is 0 Å². The fraction of sp³-hybridized carbons (Fsp3) is 0.0870. The van der Waals surface area contributed by atoms with Crippen molar-refractivity contribution in [3.05, 3.63) is 94.9 Å². The Morgan fingerprint density at radius 3 is 2.77 bits per heavy atom. The number of esters is 1. The van der Waals surface area contributed by atoms with E-state index in [2.05, 4.69) is 11.6 Å². The summed E-state index contributed by atoms with van der Waals surface area (Å²) in [6.07, 6.45) is 4.66. The minimum absolute atomic E-state index is 0.0719. The van der Waals surface area contributed by atoms with Crippen LogP contribution in [-0.4, -0.2) is 22.0 Å². The lowest BCUT2D eigenvalue weighted by molar-refractivity contribution is -0.139. The van der Waals surface area contributed by atoms with Crippen LogP contribution in [0.25, 0.3) is 21.3 Å². The second kappa shape index (κ2) is 8.75. The highest BCUT2D eigenvalue weighted by Crippen LogP contribution is 2.23. The van der Waals surface area contributed by atoms with Crippen LogP contribution < -0.4 is 10.3 Å². The molecule has 30 heavy (non-hydrogen) atoms. The van der Waals surface area contributed by atoms with E-state index in [-0.39, 0.29) is 12.2 Å². The number of para-hydroxylation sites is 1. The molecule has 150 valence electrons. The van der Waals surface area contributed by atoms with Crippen LogP contribution in [0.5, 0.6) is 5.75 Å². The maximum absolute atomic E-state index is 12.5. The maximum atomic E-state index is 12.5. The first-order valence-electron chi connectivity index (χ1n) is 9.23. The molecule has 0 aliphatic heterocycles. The van der Waals surface area contributed by atoms with E-state index in [4.69, 9.17) is 9.47 Å². The number of aromatic nitrogens is 2. The van der Waals surface area contributed by atoms with E-state index in [1.165, 1.54) is 23.5 Å². The topological polar surface area (TPSA) is 69.9 Å². The van der Waals surface area contributed by atoms with Crippen molar-refractivity contribution in [2.75, 3.05) is 6.61 Å². The van der Waals surface area contributed by atoms with Gasteiger partial charge in [0.15, 0.2) is 4.96 Å². The van der Waals surface area contributed by atoms with E-state index >= 15 is 0 Å². The van der Waals surface area contributed by atoms with Crippen molar-refractivity contribution < 1.29 is 14.3 Å². The monoisotopic (exact) mass is 418 g/mol. The number of carbonyl (C=O) groups is 1. The summed E-state index contributed by atoms with van der Waals surface area (Å²) in [5.41, 5.74) is 1.87. The Morgan fingerprint density at radius 2 is 1.97 bits per heavy atom. The molecule has 0 fully saturated rings. The van der Waals surface area contributed by atoms with Gasteiger partial charge < -0.3 is 9.47 Å². The fourth-order valence-corrected chi connectivity index (χ4v) is 3.93. The Bertz CT molecular complexity index is 1300. The predicted octanol–water partition coefficient (Wildman–Crippen LogP) is 4.23. The number of thiazole rings is 1. The molecule has 2 aromatic heterocycles. The van der Waals surface area contributed by atoms with Gasteiger partial charge in [-0.2, -0.15) is 0 Å². The summed E-state index contributed by atoms with van der Waals surface area (Å²) in [6, 6.07) is 16.3. The number of nitrogens with zero attached hydrogens (tertiary/aromatic N) is 2. The van der Waals surface area contributed by atoms with Crippen molar-refractivity contribution >= 4 is 38.6 Å². The maximum Gasteiger partial charge on any atom is 0.331 e. The van der Waals surface area contributed by atoms with Crippen LogP contribution in [0.3, 0.4) is 0 Å². The number of fused-ring (bicyclic) bond motifs is 3. The normalized spacial score (nSPS) is 11.2. The van der Waals surface area contributed by atoms with Gasteiger partial charge in [-0.25, -0.2) is 9.78 Å². The molecule has 4 rings (SSSR count). The molecular formula is C23H18N2O4S. The second-order valence-electron chi connectivity index (χ2n) is 6.38. The standard InChI is InChI=1S/C23H18N2O4S/c1-2-13-28-18-10-7-16(8-11-18)9-12-22(27)29-15-17-14-21(26)25-19-5-3-4-6-20(19)30-23(25)24-17/h2-12,14H,1,13,15H2/b12-9+. The van der Waals surface area contributed by atoms with Gasteiger partial charge in [0.05, 0.1) is 15.9 Å². The highest BCUT2D eigenvalue weighted by molar-refractivity contribution is 7.23. The molecule has 2 aromatic carbocycles. The van der Waals surface area contributed by atoms with Crippen molar-refractivity contribution in [3.63, 3.8) is 0 Å². The molecule has 0 radical (unpaired) electrons. The molecule has 6 nitrogen and oxygen atoms in total. The molecule has 2 heterocycles. The molecule has 0 saturated heterocycles. The summed E-state index contributed by atoms with van der Waals surface area (Å²) in [5.74, 6) is 0.212. The van der Waals surface area contributed by atoms with Crippen molar-refractivity contribution in [1.29, 1.82) is 0 Å². The van der Waals surface area contributed by atoms with Gasteiger partial charge in [0.2, 0.25) is 0 Å². The van der Waals surface area contributed by atoms with Crippen LogP contribution >= 0.6 is 11.3 Å². The largest absolute Gasteiger partial charge is 0.490 e. The van der Waals surface area contributed by atoms with Gasteiger partial charge in [-0.1, -0.05) is 48.3 Å². The fourth-order valence-electron chi connectivity index (χ4n) is 2.88. The van der Waals surface area contributed by atoms with Crippen LogP contribution in [0, 0.1) is 0 Å². The lowest BCUT2D eigenvalue weighted by atomic mass is 10.2. The van der Waals surface area contributed by atoms with E-state index in [0.29, 0.717) is 17.3 Å². The lowest BCUT2D eigenvalue weighted by Gasteiger charge is -2.03. The Kier molecular flexibility index (Phi) is 5.72. The second-order valence-corrected chi connectivity index (χ2v) is 7.39. The SMILES string of the molecule is C=CCOc1ccc(/C=C/C(=O)OCc2cc(=O)n3c(n2)sc2ccccc23)cc1. The Balaban J connectivity index is 1.41. The van der Waals surface area contributed by atoms with Crippen molar-refractivity contribution in [1.82, 2.24) is 9.38 Å².